The molecule has 20 heavy (non-hydrogen) atoms. The minimum absolute atomic E-state index is 0.0775. The fraction of sp³-hybridized carbons (Fsp3) is 0.786. The summed E-state index contributed by atoms with van der Waals surface area (Å²) in [5, 5.41) is 0. The summed E-state index contributed by atoms with van der Waals surface area (Å²) < 4.78 is 22.7. The molecule has 0 heterocycles. The number of carbonyl (C=O) groups is 1. The van der Waals surface area contributed by atoms with Crippen LogP contribution < -0.4 is 0 Å². The van der Waals surface area contributed by atoms with Gasteiger partial charge in [0.1, 0.15) is 0 Å². The van der Waals surface area contributed by atoms with Gasteiger partial charge in [-0.15, -0.1) is 0 Å². The number of hydrogen-bond acceptors (Lipinski definition) is 5. The molecule has 0 amide bonds. The van der Waals surface area contributed by atoms with E-state index in [-0.39, 0.29) is 23.9 Å². The molecule has 2 unspecified atom stereocenters. The van der Waals surface area contributed by atoms with Gasteiger partial charge in [-0.3, -0.25) is 0 Å². The van der Waals surface area contributed by atoms with Crippen LogP contribution >= 0.6 is 0 Å². The third kappa shape index (κ3) is 9.60. The Morgan fingerprint density at radius 1 is 1.10 bits per heavy atom. The van der Waals surface area contributed by atoms with Crippen molar-refractivity contribution in [2.75, 3.05) is 6.61 Å². The fourth-order valence-electron chi connectivity index (χ4n) is 1.06. The van der Waals surface area contributed by atoms with Crippen LogP contribution in [-0.4, -0.2) is 45.6 Å². The Labute approximate surface area is 131 Å². The Morgan fingerprint density at radius 3 is 1.95 bits per heavy atom. The van der Waals surface area contributed by atoms with Gasteiger partial charge in [0.15, 0.2) is 0 Å². The molecule has 0 aliphatic rings. The van der Waals surface area contributed by atoms with E-state index in [2.05, 4.69) is 0 Å². The van der Waals surface area contributed by atoms with Gasteiger partial charge in [0.25, 0.3) is 0 Å². The van der Waals surface area contributed by atoms with E-state index in [9.17, 15) is 4.79 Å². The zero-order chi connectivity index (χ0) is 15.5. The predicted octanol–water partition coefficient (Wildman–Crippen LogP) is 3.09. The van der Waals surface area contributed by atoms with E-state index in [1.807, 2.05) is 34.6 Å². The predicted molar refractivity (Wildman–Crippen MR) is 78.9 cm³/mol. The van der Waals surface area contributed by atoms with Crippen LogP contribution in [0.2, 0.25) is 0 Å². The molecule has 117 valence electrons. The van der Waals surface area contributed by atoms with Crippen LogP contribution in [0, 0.1) is 0 Å². The second-order valence-corrected chi connectivity index (χ2v) is 7.89. The van der Waals surface area contributed by atoms with Crippen LogP contribution in [0.4, 0.5) is 0 Å². The summed E-state index contributed by atoms with van der Waals surface area (Å²) in [6, 6.07) is 0. The van der Waals surface area contributed by atoms with Crippen molar-refractivity contribution in [2.24, 2.45) is 0 Å². The number of allylic oxidation sites excluding steroid dienone is 1. The van der Waals surface area contributed by atoms with Crippen molar-refractivity contribution >= 4 is 26.8 Å². The van der Waals surface area contributed by atoms with E-state index in [0.717, 1.165) is 12.8 Å². The number of ketones is 1. The number of ether oxygens (including phenoxy) is 1. The van der Waals surface area contributed by atoms with Gasteiger partial charge < -0.3 is 0 Å². The molecule has 0 bridgehead atoms. The van der Waals surface area contributed by atoms with Crippen molar-refractivity contribution in [3.63, 3.8) is 0 Å². The van der Waals surface area contributed by atoms with Crippen molar-refractivity contribution in [3.05, 3.63) is 12.0 Å². The first kappa shape index (κ1) is 19.7. The van der Waals surface area contributed by atoms with Crippen LogP contribution in [0.5, 0.6) is 0 Å². The van der Waals surface area contributed by atoms with E-state index in [1.54, 1.807) is 0 Å². The summed E-state index contributed by atoms with van der Waals surface area (Å²) in [4.78, 5) is 11.2. The molecule has 0 aliphatic carbocycles. The molecular weight excluding hydrogens is 367 g/mol. The van der Waals surface area contributed by atoms with Crippen molar-refractivity contribution in [1.29, 1.82) is 0 Å². The van der Waals surface area contributed by atoms with E-state index in [1.165, 1.54) is 13.0 Å². The third-order valence-electron chi connectivity index (χ3n) is 2.54. The Hall–Kier alpha value is -0.271. The van der Waals surface area contributed by atoms with Crippen LogP contribution in [-0.2, 0) is 18.8 Å². The Balaban J connectivity index is 4.76. The molecule has 0 N–H and O–H groups in total. The fourth-order valence-corrected chi connectivity index (χ4v) is 5.13. The third-order valence-corrected chi connectivity index (χ3v) is 6.98. The van der Waals surface area contributed by atoms with Gasteiger partial charge >= 0.3 is 131 Å². The first-order chi connectivity index (χ1) is 9.42. The topological polar surface area (TPSA) is 54.0 Å². The molecule has 0 aromatic heterocycles. The van der Waals surface area contributed by atoms with Crippen LogP contribution in [0.3, 0.4) is 0 Å². The average Bonchev–Trinajstić information content (AvgIpc) is 2.37. The Kier molecular flexibility index (Phi) is 11.2. The molecule has 2 atom stereocenters. The maximum absolute atomic E-state index is 11.2. The van der Waals surface area contributed by atoms with Crippen LogP contribution in [0.15, 0.2) is 12.0 Å². The minimum atomic E-state index is -3.00. The number of rotatable bonds is 11. The monoisotopic (exact) mass is 395 g/mol. The second kappa shape index (κ2) is 11.4. The van der Waals surface area contributed by atoms with Crippen LogP contribution in [0.1, 0.15) is 54.4 Å². The van der Waals surface area contributed by atoms with Crippen LogP contribution in [0.25, 0.3) is 0 Å². The van der Waals surface area contributed by atoms with Gasteiger partial charge in [0.2, 0.25) is 0 Å². The Morgan fingerprint density at radius 2 is 1.60 bits per heavy atom. The molecule has 0 rings (SSSR count). The van der Waals surface area contributed by atoms with Gasteiger partial charge in [-0.05, 0) is 0 Å². The zero-order valence-corrected chi connectivity index (χ0v) is 16.2. The number of hydrogen-bond donors (Lipinski definition) is 0. The summed E-state index contributed by atoms with van der Waals surface area (Å²) in [6.45, 7) is 11.8. The average molecular weight is 394 g/mol. The molecule has 5 nitrogen and oxygen atoms in total. The van der Waals surface area contributed by atoms with Gasteiger partial charge in [0, 0.05) is 0 Å². The molecule has 0 aromatic carbocycles. The molecule has 6 heteroatoms. The molecular formula is C14H27O5Sn. The maximum atomic E-state index is 11.2. The molecule has 1 radical (unpaired) electrons. The van der Waals surface area contributed by atoms with E-state index >= 15 is 0 Å². The summed E-state index contributed by atoms with van der Waals surface area (Å²) in [5.74, 6) is 0.0873. The SMILES string of the molecule is CCO/C(=C/C(C)=O)[O][Sn]([O]C(C)CC)[O]C(C)CC. The summed E-state index contributed by atoms with van der Waals surface area (Å²) in [6.07, 6.45) is 3.27. The van der Waals surface area contributed by atoms with Gasteiger partial charge in [-0.25, -0.2) is 0 Å². The van der Waals surface area contributed by atoms with Gasteiger partial charge in [0.05, 0.1) is 0 Å². The zero-order valence-electron chi connectivity index (χ0n) is 13.4. The molecule has 0 fully saturated rings. The normalized spacial score (nSPS) is 15.1. The van der Waals surface area contributed by atoms with E-state index < -0.39 is 21.0 Å². The standard InChI is InChI=1S/C6H10O3.2C4H9O.Sn/c1-3-9-6(8)4-5(2)7;2*1-3-4(2)5;/h4,8H,3H2,1-2H3;2*4H,3H2,1-2H3;/q;2*-1;+3/p-1/b6-4+;;;. The first-order valence-corrected chi connectivity index (χ1v) is 10.7. The molecule has 0 saturated carbocycles. The summed E-state index contributed by atoms with van der Waals surface area (Å²) in [5.41, 5.74) is 0. The quantitative estimate of drug-likeness (QED) is 0.306. The van der Waals surface area contributed by atoms with E-state index in [0.29, 0.717) is 6.61 Å². The summed E-state index contributed by atoms with van der Waals surface area (Å²) >= 11 is -3.00. The van der Waals surface area contributed by atoms with Crippen molar-refractivity contribution in [2.45, 2.75) is 66.6 Å². The number of carbonyl (C=O) groups excluding carboxylic acids is 1. The van der Waals surface area contributed by atoms with Crippen molar-refractivity contribution in [1.82, 2.24) is 0 Å². The Bertz CT molecular complexity index is 294. The second-order valence-electron chi connectivity index (χ2n) is 4.53. The van der Waals surface area contributed by atoms with Gasteiger partial charge in [-0.1, -0.05) is 0 Å². The summed E-state index contributed by atoms with van der Waals surface area (Å²) in [7, 11) is 0. The molecule has 0 spiro atoms. The van der Waals surface area contributed by atoms with E-state index in [4.69, 9.17) is 14.0 Å². The van der Waals surface area contributed by atoms with Crippen molar-refractivity contribution in [3.8, 4) is 0 Å². The molecule has 0 saturated heterocycles. The van der Waals surface area contributed by atoms with Gasteiger partial charge in [-0.2, -0.15) is 0 Å². The van der Waals surface area contributed by atoms with Crippen molar-refractivity contribution < 1.29 is 18.8 Å². The molecule has 0 aliphatic heterocycles. The molecule has 0 aromatic rings. The first-order valence-electron chi connectivity index (χ1n) is 7.15.